The van der Waals surface area contributed by atoms with Gasteiger partial charge in [0.15, 0.2) is 0 Å². The van der Waals surface area contributed by atoms with Gasteiger partial charge in [0.05, 0.1) is 5.69 Å². The molecule has 0 N–H and O–H groups in total. The predicted molar refractivity (Wildman–Crippen MR) is 81.8 cm³/mol. The van der Waals surface area contributed by atoms with Gasteiger partial charge in [0.2, 0.25) is 0 Å². The Hall–Kier alpha value is -1.61. The number of rotatable bonds is 2. The molecule has 0 aromatic heterocycles. The first kappa shape index (κ1) is 12.8. The minimum atomic E-state index is 0.962. The Morgan fingerprint density at radius 1 is 1.00 bits per heavy atom. The number of amidine groups is 1. The fraction of sp³-hybridized carbons (Fsp3) is 0.133. The van der Waals surface area contributed by atoms with Crippen LogP contribution in [0.1, 0.15) is 6.92 Å². The number of anilines is 1. The summed E-state index contributed by atoms with van der Waals surface area (Å²) in [6.07, 6.45) is 0. The molecule has 2 aromatic carbocycles. The molecule has 0 spiro atoms. The van der Waals surface area contributed by atoms with Gasteiger partial charge < -0.3 is 4.90 Å². The van der Waals surface area contributed by atoms with Crippen molar-refractivity contribution in [1.29, 1.82) is 0 Å². The molecule has 18 heavy (non-hydrogen) atoms. The second kappa shape index (κ2) is 5.83. The van der Waals surface area contributed by atoms with Crippen LogP contribution in [0.25, 0.3) is 0 Å². The Kier molecular flexibility index (Phi) is 4.15. The Balaban J connectivity index is 2.21. The molecule has 0 aliphatic heterocycles. The van der Waals surface area contributed by atoms with Crippen molar-refractivity contribution in [3.05, 3.63) is 59.1 Å². The van der Waals surface area contributed by atoms with E-state index in [0.29, 0.717) is 0 Å². The van der Waals surface area contributed by atoms with Crippen LogP contribution in [0.3, 0.4) is 0 Å². The fourth-order valence-corrected chi connectivity index (χ4v) is 1.88. The van der Waals surface area contributed by atoms with Crippen molar-refractivity contribution < 1.29 is 0 Å². The van der Waals surface area contributed by atoms with Gasteiger partial charge >= 0.3 is 0 Å². The van der Waals surface area contributed by atoms with Crippen LogP contribution in [-0.4, -0.2) is 12.9 Å². The fourth-order valence-electron chi connectivity index (χ4n) is 1.62. The van der Waals surface area contributed by atoms with E-state index >= 15 is 0 Å². The van der Waals surface area contributed by atoms with Gasteiger partial charge in [-0.25, -0.2) is 4.99 Å². The van der Waals surface area contributed by atoms with E-state index < -0.39 is 0 Å². The molecule has 2 rings (SSSR count). The predicted octanol–water partition coefficient (Wildman–Crippen LogP) is 4.64. The molecule has 0 saturated heterocycles. The van der Waals surface area contributed by atoms with Crippen LogP contribution in [-0.2, 0) is 0 Å². The van der Waals surface area contributed by atoms with E-state index in [2.05, 4.69) is 38.0 Å². The van der Waals surface area contributed by atoms with Crippen molar-refractivity contribution >= 4 is 33.1 Å². The monoisotopic (exact) mass is 302 g/mol. The summed E-state index contributed by atoms with van der Waals surface area (Å²) < 4.78 is 1.08. The van der Waals surface area contributed by atoms with E-state index in [9.17, 15) is 0 Å². The van der Waals surface area contributed by atoms with Gasteiger partial charge in [-0.15, -0.1) is 0 Å². The Morgan fingerprint density at radius 3 is 2.22 bits per heavy atom. The average molecular weight is 303 g/mol. The SMILES string of the molecule is CC(=Nc1ccccc1)N(C)c1ccc(Br)cc1. The van der Waals surface area contributed by atoms with Crippen LogP contribution in [0.5, 0.6) is 0 Å². The summed E-state index contributed by atoms with van der Waals surface area (Å²) in [4.78, 5) is 6.66. The Morgan fingerprint density at radius 2 is 1.61 bits per heavy atom. The summed E-state index contributed by atoms with van der Waals surface area (Å²) in [6, 6.07) is 18.2. The van der Waals surface area contributed by atoms with Crippen molar-refractivity contribution in [3.8, 4) is 0 Å². The zero-order valence-corrected chi connectivity index (χ0v) is 12.1. The molecule has 0 bridgehead atoms. The lowest BCUT2D eigenvalue weighted by Crippen LogP contribution is -2.22. The van der Waals surface area contributed by atoms with Crippen molar-refractivity contribution in [2.45, 2.75) is 6.92 Å². The number of hydrogen-bond acceptors (Lipinski definition) is 1. The summed E-state index contributed by atoms with van der Waals surface area (Å²) in [5.74, 6) is 0.962. The van der Waals surface area contributed by atoms with E-state index in [-0.39, 0.29) is 0 Å². The smallest absolute Gasteiger partial charge is 0.106 e. The van der Waals surface area contributed by atoms with Crippen molar-refractivity contribution in [2.75, 3.05) is 11.9 Å². The minimum Gasteiger partial charge on any atom is -0.333 e. The molecule has 0 aliphatic carbocycles. The molecule has 0 aliphatic rings. The number of halogens is 1. The summed E-state index contributed by atoms with van der Waals surface area (Å²) in [5, 5.41) is 0. The highest BCUT2D eigenvalue weighted by Gasteiger charge is 2.03. The van der Waals surface area contributed by atoms with Crippen LogP contribution in [0, 0.1) is 0 Å². The third-order valence-electron chi connectivity index (χ3n) is 2.75. The zero-order valence-electron chi connectivity index (χ0n) is 10.5. The van der Waals surface area contributed by atoms with E-state index in [1.54, 1.807) is 0 Å². The van der Waals surface area contributed by atoms with Crippen LogP contribution in [0.2, 0.25) is 0 Å². The molecule has 0 saturated carbocycles. The number of hydrogen-bond donors (Lipinski definition) is 0. The molecule has 92 valence electrons. The van der Waals surface area contributed by atoms with Gasteiger partial charge in [-0.3, -0.25) is 0 Å². The zero-order chi connectivity index (χ0) is 13.0. The molecule has 3 heteroatoms. The summed E-state index contributed by atoms with van der Waals surface area (Å²) >= 11 is 3.44. The largest absolute Gasteiger partial charge is 0.333 e. The lowest BCUT2D eigenvalue weighted by Gasteiger charge is -2.18. The van der Waals surface area contributed by atoms with Gasteiger partial charge in [0, 0.05) is 17.2 Å². The normalized spacial score (nSPS) is 11.4. The molecular formula is C15H15BrN2. The molecule has 0 radical (unpaired) electrons. The third-order valence-corrected chi connectivity index (χ3v) is 3.28. The lowest BCUT2D eigenvalue weighted by atomic mass is 10.3. The minimum absolute atomic E-state index is 0.962. The summed E-state index contributed by atoms with van der Waals surface area (Å²) in [5.41, 5.74) is 2.09. The van der Waals surface area contributed by atoms with E-state index in [1.165, 1.54) is 0 Å². The first-order chi connectivity index (χ1) is 8.66. The third kappa shape index (κ3) is 3.20. The quantitative estimate of drug-likeness (QED) is 0.583. The lowest BCUT2D eigenvalue weighted by molar-refractivity contribution is 1.23. The summed E-state index contributed by atoms with van der Waals surface area (Å²) in [7, 11) is 2.02. The van der Waals surface area contributed by atoms with Gasteiger partial charge in [-0.2, -0.15) is 0 Å². The van der Waals surface area contributed by atoms with Crippen LogP contribution in [0.15, 0.2) is 64.1 Å². The topological polar surface area (TPSA) is 15.6 Å². The molecule has 0 unspecified atom stereocenters. The van der Waals surface area contributed by atoms with Crippen LogP contribution in [0.4, 0.5) is 11.4 Å². The standard InChI is InChI=1S/C15H15BrN2/c1-12(17-14-6-4-3-5-7-14)18(2)15-10-8-13(16)9-11-15/h3-11H,1-2H3. The van der Waals surface area contributed by atoms with Gasteiger partial charge in [-0.1, -0.05) is 34.1 Å². The maximum Gasteiger partial charge on any atom is 0.106 e. The first-order valence-corrected chi connectivity index (χ1v) is 6.56. The van der Waals surface area contributed by atoms with E-state index in [4.69, 9.17) is 0 Å². The number of nitrogens with zero attached hydrogens (tertiary/aromatic N) is 2. The molecule has 0 atom stereocenters. The van der Waals surface area contributed by atoms with Gasteiger partial charge in [-0.05, 0) is 43.3 Å². The van der Waals surface area contributed by atoms with Crippen molar-refractivity contribution in [1.82, 2.24) is 0 Å². The molecule has 2 nitrogen and oxygen atoms in total. The molecule has 0 amide bonds. The van der Waals surface area contributed by atoms with Crippen molar-refractivity contribution in [3.63, 3.8) is 0 Å². The number of para-hydroxylation sites is 1. The molecule has 0 fully saturated rings. The maximum atomic E-state index is 4.59. The Labute approximate surface area is 116 Å². The number of benzene rings is 2. The highest BCUT2D eigenvalue weighted by molar-refractivity contribution is 9.10. The van der Waals surface area contributed by atoms with Crippen molar-refractivity contribution in [2.24, 2.45) is 4.99 Å². The highest BCUT2D eigenvalue weighted by Crippen LogP contribution is 2.19. The van der Waals surface area contributed by atoms with Gasteiger partial charge in [0.25, 0.3) is 0 Å². The summed E-state index contributed by atoms with van der Waals surface area (Å²) in [6.45, 7) is 2.01. The molecular weight excluding hydrogens is 288 g/mol. The Bertz CT molecular complexity index is 532. The van der Waals surface area contributed by atoms with Crippen LogP contribution < -0.4 is 4.90 Å². The highest BCUT2D eigenvalue weighted by atomic mass is 79.9. The molecule has 0 heterocycles. The second-order valence-electron chi connectivity index (χ2n) is 4.03. The maximum absolute atomic E-state index is 4.59. The van der Waals surface area contributed by atoms with E-state index in [0.717, 1.165) is 21.7 Å². The second-order valence-corrected chi connectivity index (χ2v) is 4.95. The molecule has 2 aromatic rings. The first-order valence-electron chi connectivity index (χ1n) is 5.76. The van der Waals surface area contributed by atoms with Gasteiger partial charge in [0.1, 0.15) is 5.84 Å². The number of aliphatic imine (C=N–C) groups is 1. The van der Waals surface area contributed by atoms with E-state index in [1.807, 2.05) is 56.4 Å². The van der Waals surface area contributed by atoms with Crippen LogP contribution >= 0.6 is 15.9 Å². The average Bonchev–Trinajstić information content (AvgIpc) is 2.40.